The second kappa shape index (κ2) is 20.2. The van der Waals surface area contributed by atoms with Crippen LogP contribution in [0.15, 0.2) is 122 Å². The summed E-state index contributed by atoms with van der Waals surface area (Å²) in [5, 5.41) is 9.52. The van der Waals surface area contributed by atoms with Gasteiger partial charge in [-0.2, -0.15) is 0 Å². The summed E-state index contributed by atoms with van der Waals surface area (Å²) < 4.78 is 15.3. The first-order valence-electron chi connectivity index (χ1n) is 25.0. The molecule has 0 fully saturated rings. The van der Waals surface area contributed by atoms with Crippen LogP contribution in [0.2, 0.25) is 10.0 Å². The number of fused-ring (bicyclic) bond motifs is 4. The van der Waals surface area contributed by atoms with Crippen molar-refractivity contribution in [2.24, 2.45) is 11.5 Å². The molecule has 0 radical (unpaired) electrons. The fraction of sp³-hybridized carbons (Fsp3) is 0.305. The molecule has 4 aromatic heterocycles. The van der Waals surface area contributed by atoms with Gasteiger partial charge >= 0.3 is 12.2 Å². The minimum atomic E-state index is -0.885. The van der Waals surface area contributed by atoms with Gasteiger partial charge in [-0.3, -0.25) is 25.4 Å². The first-order valence-corrected chi connectivity index (χ1v) is 25.8. The molecule has 4 aromatic carbocycles. The lowest BCUT2D eigenvalue weighted by molar-refractivity contribution is -0.123. The van der Waals surface area contributed by atoms with Gasteiger partial charge in [0, 0.05) is 81.9 Å². The summed E-state index contributed by atoms with van der Waals surface area (Å²) in [5.74, 6) is -0.195. The maximum absolute atomic E-state index is 15.6. The molecule has 0 saturated carbocycles. The summed E-state index contributed by atoms with van der Waals surface area (Å²) in [7, 11) is 0. The summed E-state index contributed by atoms with van der Waals surface area (Å²) in [6.07, 6.45) is 8.92. The predicted molar refractivity (Wildman–Crippen MR) is 291 cm³/mol. The van der Waals surface area contributed by atoms with Crippen LogP contribution in [0.1, 0.15) is 123 Å². The molecule has 15 heteroatoms. The largest absolute Gasteiger partial charge is 0.443 e. The standard InChI is InChI=1S/C59H60Cl2N8O5/c1-58(2,3)73-56(71)68-47-17-9-35(45(62)15-7-33-19-23-64-24-20-33)27-37(47)29-49(68)39-11-13-43(60)41-31-66-53(51(39)41)55(70)54-52-40(12-14-44(61)42(52)32-67-54)50-30-38-28-36(46(63)16-8-34-21-25-65-26-22-34)10-18-48(38)69(50)57(72)74-59(4,5)6/h9-14,17-30,45-46,53-54,66-67H,7-8,15-16,31-32,62-63H2,1-6H3. The Balaban J connectivity index is 1.05. The van der Waals surface area contributed by atoms with Crippen molar-refractivity contribution in [2.45, 2.75) is 116 Å². The van der Waals surface area contributed by atoms with Crippen LogP contribution in [0.5, 0.6) is 0 Å². The SMILES string of the molecule is CC(C)(C)OC(=O)n1c(-c2ccc(Cl)c3c2C(C(=O)C2NCc4c(Cl)ccc(-c5cc6cc(C(N)CCc7ccncc7)ccc6n5C(=O)OC(C)(C)C)c42)NC3)cc2cc(C(N)CCc3ccncc3)ccc21. The molecule has 6 heterocycles. The number of nitrogens with zero attached hydrogens (tertiary/aromatic N) is 4. The number of rotatable bonds is 12. The minimum absolute atomic E-state index is 0.195. The van der Waals surface area contributed by atoms with Gasteiger partial charge in [0.2, 0.25) is 0 Å². The zero-order valence-corrected chi connectivity index (χ0v) is 43.9. The first-order chi connectivity index (χ1) is 35.3. The van der Waals surface area contributed by atoms with Gasteiger partial charge in [0.1, 0.15) is 11.2 Å². The van der Waals surface area contributed by atoms with E-state index in [4.69, 9.17) is 44.1 Å². The Bertz CT molecular complexity index is 3240. The summed E-state index contributed by atoms with van der Waals surface area (Å²) >= 11 is 14.0. The average molecular weight is 1030 g/mol. The van der Waals surface area contributed by atoms with E-state index in [1.807, 2.05) is 126 Å². The number of benzene rings is 4. The number of hydrogen-bond donors (Lipinski definition) is 4. The fourth-order valence-corrected chi connectivity index (χ4v) is 10.9. The number of Topliss-reactive ketones (excluding diaryl/α,β-unsaturated/α-hetero) is 1. The zero-order chi connectivity index (χ0) is 52.2. The van der Waals surface area contributed by atoms with Crippen molar-refractivity contribution in [3.63, 3.8) is 0 Å². The summed E-state index contributed by atoms with van der Waals surface area (Å²) in [4.78, 5) is 52.8. The molecule has 10 rings (SSSR count). The Morgan fingerprint density at radius 3 is 1.36 bits per heavy atom. The van der Waals surface area contributed by atoms with Crippen molar-refractivity contribution >= 4 is 63.0 Å². The Morgan fingerprint density at radius 1 is 0.595 bits per heavy atom. The van der Waals surface area contributed by atoms with Crippen molar-refractivity contribution in [1.82, 2.24) is 29.7 Å². The van der Waals surface area contributed by atoms with Crippen LogP contribution in [-0.4, -0.2) is 48.3 Å². The quantitative estimate of drug-likeness (QED) is 0.0914. The summed E-state index contributed by atoms with van der Waals surface area (Å²) in [6.45, 7) is 11.6. The molecule has 2 aliphatic rings. The topological polar surface area (TPSA) is 181 Å². The molecule has 380 valence electrons. The Morgan fingerprint density at radius 2 is 0.986 bits per heavy atom. The average Bonchev–Trinajstić information content (AvgIpc) is 4.18. The van der Waals surface area contributed by atoms with E-state index in [2.05, 4.69) is 20.6 Å². The molecule has 0 spiro atoms. The maximum atomic E-state index is 15.6. The van der Waals surface area contributed by atoms with E-state index < -0.39 is 35.5 Å². The number of carbonyl (C=O) groups is 3. The lowest BCUT2D eigenvalue weighted by atomic mass is 9.87. The van der Waals surface area contributed by atoms with Crippen molar-refractivity contribution in [1.29, 1.82) is 0 Å². The van der Waals surface area contributed by atoms with E-state index in [1.165, 1.54) is 0 Å². The summed E-state index contributed by atoms with van der Waals surface area (Å²) in [5.41, 5.74) is 22.5. The minimum Gasteiger partial charge on any atom is -0.443 e. The van der Waals surface area contributed by atoms with Crippen LogP contribution >= 0.6 is 23.2 Å². The molecule has 4 atom stereocenters. The number of nitrogens with two attached hydrogens (primary N) is 2. The molecule has 4 unspecified atom stereocenters. The lowest BCUT2D eigenvalue weighted by Gasteiger charge is -2.24. The predicted octanol–water partition coefficient (Wildman–Crippen LogP) is 12.4. The van der Waals surface area contributed by atoms with Crippen LogP contribution < -0.4 is 22.1 Å². The van der Waals surface area contributed by atoms with E-state index in [0.717, 1.165) is 57.0 Å². The smallest absolute Gasteiger partial charge is 0.419 e. The number of pyridine rings is 2. The van der Waals surface area contributed by atoms with Gasteiger partial charge in [-0.15, -0.1) is 0 Å². The third-order valence-corrected chi connectivity index (χ3v) is 14.6. The second-order valence-corrected chi connectivity index (χ2v) is 22.1. The summed E-state index contributed by atoms with van der Waals surface area (Å²) in [6, 6.07) is 28.6. The molecular formula is C59H60Cl2N8O5. The van der Waals surface area contributed by atoms with Crippen molar-refractivity contribution in [3.8, 4) is 22.5 Å². The van der Waals surface area contributed by atoms with Crippen LogP contribution in [-0.2, 0) is 40.2 Å². The van der Waals surface area contributed by atoms with E-state index in [1.54, 1.807) is 46.1 Å². The molecule has 0 bridgehead atoms. The van der Waals surface area contributed by atoms with Crippen LogP contribution in [0, 0.1) is 0 Å². The monoisotopic (exact) mass is 1030 g/mol. The molecule has 0 aliphatic carbocycles. The van der Waals surface area contributed by atoms with E-state index >= 15 is 4.79 Å². The highest BCUT2D eigenvalue weighted by Gasteiger charge is 2.42. The number of ketones is 1. The van der Waals surface area contributed by atoms with Gasteiger partial charge in [0.05, 0.1) is 34.5 Å². The van der Waals surface area contributed by atoms with Crippen LogP contribution in [0.4, 0.5) is 9.59 Å². The first kappa shape index (κ1) is 50.8. The molecular weight excluding hydrogens is 972 g/mol. The number of aromatic nitrogens is 4. The molecule has 2 aliphatic heterocycles. The fourth-order valence-electron chi connectivity index (χ4n) is 10.4. The third-order valence-electron chi connectivity index (χ3n) is 13.9. The Hall–Kier alpha value is -6.71. The van der Waals surface area contributed by atoms with Gasteiger partial charge in [-0.1, -0.05) is 47.5 Å². The maximum Gasteiger partial charge on any atom is 0.419 e. The Labute approximate surface area is 440 Å². The zero-order valence-electron chi connectivity index (χ0n) is 42.3. The van der Waals surface area contributed by atoms with Gasteiger partial charge < -0.3 is 20.9 Å². The highest BCUT2D eigenvalue weighted by atomic mass is 35.5. The molecule has 0 amide bonds. The number of ether oxygens (including phenoxy) is 2. The highest BCUT2D eigenvalue weighted by Crippen LogP contribution is 2.47. The highest BCUT2D eigenvalue weighted by molar-refractivity contribution is 6.32. The number of aryl methyl sites for hydroxylation is 2. The van der Waals surface area contributed by atoms with Gasteiger partial charge in [0.25, 0.3) is 0 Å². The third kappa shape index (κ3) is 10.1. The number of nitrogens with one attached hydrogen (secondary N) is 2. The number of carbonyl (C=O) groups excluding carboxylic acids is 3. The van der Waals surface area contributed by atoms with E-state index in [9.17, 15) is 9.59 Å². The molecule has 8 aromatic rings. The second-order valence-electron chi connectivity index (χ2n) is 21.3. The number of hydrogen-bond acceptors (Lipinski definition) is 11. The molecule has 6 N–H and O–H groups in total. The van der Waals surface area contributed by atoms with Crippen LogP contribution in [0.25, 0.3) is 44.3 Å². The van der Waals surface area contributed by atoms with Gasteiger partial charge in [-0.05, 0) is 185 Å². The van der Waals surface area contributed by atoms with Crippen molar-refractivity contribution in [2.75, 3.05) is 0 Å². The number of halogens is 2. The molecule has 0 saturated heterocycles. The van der Waals surface area contributed by atoms with Gasteiger partial charge in [0.15, 0.2) is 5.78 Å². The Kier molecular flexibility index (Phi) is 13.9. The van der Waals surface area contributed by atoms with Crippen LogP contribution in [0.3, 0.4) is 0 Å². The lowest BCUT2D eigenvalue weighted by Crippen LogP contribution is -2.32. The van der Waals surface area contributed by atoms with Crippen molar-refractivity contribution < 1.29 is 23.9 Å². The van der Waals surface area contributed by atoms with Crippen molar-refractivity contribution in [3.05, 3.63) is 176 Å². The van der Waals surface area contributed by atoms with E-state index in [-0.39, 0.29) is 17.9 Å². The molecule has 74 heavy (non-hydrogen) atoms. The normalized spacial score (nSPS) is 16.3. The molecule has 13 nitrogen and oxygen atoms in total. The van der Waals surface area contributed by atoms with Gasteiger partial charge in [-0.25, -0.2) is 18.7 Å². The van der Waals surface area contributed by atoms with E-state index in [0.29, 0.717) is 80.7 Å².